The van der Waals surface area contributed by atoms with Crippen LogP contribution in [0.3, 0.4) is 0 Å². The van der Waals surface area contributed by atoms with Crippen molar-refractivity contribution in [1.82, 2.24) is 14.7 Å². The van der Waals surface area contributed by atoms with Gasteiger partial charge in [0, 0.05) is 0 Å². The van der Waals surface area contributed by atoms with Gasteiger partial charge in [-0.15, -0.1) is 0 Å². The van der Waals surface area contributed by atoms with Gasteiger partial charge in [0.05, 0.1) is 0 Å². The van der Waals surface area contributed by atoms with Gasteiger partial charge in [-0.25, -0.2) is 0 Å². The van der Waals surface area contributed by atoms with E-state index in [2.05, 4.69) is 19.7 Å². The van der Waals surface area contributed by atoms with Crippen LogP contribution in [0.25, 0.3) is 11.0 Å². The molecule has 0 radical (unpaired) electrons. The van der Waals surface area contributed by atoms with E-state index in [0.717, 1.165) is 18.5 Å². The van der Waals surface area contributed by atoms with Gasteiger partial charge in [-0.05, 0) is 0 Å². The number of hydrogen-bond acceptors (Lipinski definition) is 5. The van der Waals surface area contributed by atoms with Gasteiger partial charge in [-0.3, -0.25) is 0 Å². The number of allylic oxidation sites excluding steroid dienone is 1. The Bertz CT molecular complexity index is 1190. The topological polar surface area (TPSA) is 84.3 Å². The Morgan fingerprint density at radius 2 is 1.70 bits per heavy atom. The van der Waals surface area contributed by atoms with E-state index < -0.39 is 52.0 Å². The third-order valence-electron chi connectivity index (χ3n) is 3.52. The Labute approximate surface area is 176 Å². The van der Waals surface area contributed by atoms with E-state index in [1.54, 1.807) is 36.5 Å². The number of nitrogens with zero attached hydrogens (tertiary/aromatic N) is 3. The van der Waals surface area contributed by atoms with Crippen LogP contribution in [-0.4, -0.2) is 26.2 Å². The van der Waals surface area contributed by atoms with E-state index in [1.165, 1.54) is 0 Å². The molecule has 2 aromatic carbocycles. The molecule has 0 saturated heterocycles. The fourth-order valence-electron chi connectivity index (χ4n) is 2.29. The molecule has 2 heterocycles. The Morgan fingerprint density at radius 3 is 2.52 bits per heavy atom. The summed E-state index contributed by atoms with van der Waals surface area (Å²) >= 11 is -1.17. The summed E-state index contributed by atoms with van der Waals surface area (Å²) in [7, 11) is -3.63. The first-order valence-electron chi connectivity index (χ1n) is 7.78. The molecule has 0 amide bonds. The van der Waals surface area contributed by atoms with Crippen LogP contribution in [0.1, 0.15) is 0 Å². The number of sulfonamides is 1. The maximum atomic E-state index is 12.7. The molecule has 0 spiro atoms. The number of fused-ring (bicyclic) bond motifs is 1. The van der Waals surface area contributed by atoms with Crippen molar-refractivity contribution in [1.29, 1.82) is 0 Å². The Kier molecular flexibility index (Phi) is 5.59. The molecule has 0 bridgehead atoms. The number of aliphatic imine (C=N–C) groups is 1. The third kappa shape index (κ3) is 4.41. The molecule has 27 heavy (non-hydrogen) atoms. The van der Waals surface area contributed by atoms with Crippen molar-refractivity contribution in [3.05, 3.63) is 74.3 Å². The van der Waals surface area contributed by atoms with E-state index in [9.17, 15) is 8.42 Å². The zero-order valence-electron chi connectivity index (χ0n) is 13.8. The summed E-state index contributed by atoms with van der Waals surface area (Å²) in [6, 6.07) is 16.0. The molecular formula is C18H13I2N4O2S-. The number of nitrogens with one attached hydrogen (secondary N) is 1. The van der Waals surface area contributed by atoms with Gasteiger partial charge in [0.15, 0.2) is 0 Å². The van der Waals surface area contributed by atoms with Gasteiger partial charge in [-0.1, -0.05) is 0 Å². The van der Waals surface area contributed by atoms with Gasteiger partial charge >= 0.3 is 178 Å². The summed E-state index contributed by atoms with van der Waals surface area (Å²) in [6.45, 7) is 0. The van der Waals surface area contributed by atoms with Crippen LogP contribution in [0.15, 0.2) is 80.5 Å². The molecule has 0 unspecified atom stereocenters. The van der Waals surface area contributed by atoms with Gasteiger partial charge in [-0.2, -0.15) is 0 Å². The Morgan fingerprint density at radius 1 is 0.963 bits per heavy atom. The average molecular weight is 603 g/mol. The SMILES string of the molecule is O=S(=O)(NC1=CI=CN=C1[I-]c1cnc2ccccc2n1)c1ccccc1. The number of benzene rings is 2. The van der Waals surface area contributed by atoms with E-state index in [-0.39, 0.29) is 4.90 Å². The van der Waals surface area contributed by atoms with Gasteiger partial charge < -0.3 is 0 Å². The quantitative estimate of drug-likeness (QED) is 0.412. The first kappa shape index (κ1) is 18.6. The molecule has 1 aliphatic heterocycles. The molecule has 3 aromatic rings. The maximum absolute atomic E-state index is 12.7. The Hall–Kier alpha value is -1.73. The number of halogens is 2. The summed E-state index contributed by atoms with van der Waals surface area (Å²) < 4.78 is 33.5. The second kappa shape index (κ2) is 8.10. The molecule has 0 saturated carbocycles. The monoisotopic (exact) mass is 603 g/mol. The van der Waals surface area contributed by atoms with Crippen LogP contribution < -0.4 is 25.9 Å². The van der Waals surface area contributed by atoms with E-state index in [4.69, 9.17) is 0 Å². The van der Waals surface area contributed by atoms with E-state index >= 15 is 0 Å². The zero-order chi connectivity index (χ0) is 18.7. The summed E-state index contributed by atoms with van der Waals surface area (Å²) in [5, 5.41) is 0. The minimum absolute atomic E-state index is 0.238. The fraction of sp³-hybridized carbons (Fsp3) is 0. The molecule has 6 nitrogen and oxygen atoms in total. The van der Waals surface area contributed by atoms with Crippen LogP contribution >= 0.6 is 20.7 Å². The van der Waals surface area contributed by atoms with Gasteiger partial charge in [0.2, 0.25) is 0 Å². The predicted octanol–water partition coefficient (Wildman–Crippen LogP) is -0.149. The van der Waals surface area contributed by atoms with Crippen LogP contribution in [0.2, 0.25) is 0 Å². The first-order chi connectivity index (χ1) is 13.1. The van der Waals surface area contributed by atoms with Crippen molar-refractivity contribution >= 4 is 49.6 Å². The second-order valence-corrected chi connectivity index (χ2v) is 11.6. The fourth-order valence-corrected chi connectivity index (χ4v) is 8.35. The summed E-state index contributed by atoms with van der Waals surface area (Å²) in [5.74, 6) is 0. The number of hydrogen-bond donors (Lipinski definition) is 1. The van der Waals surface area contributed by atoms with Gasteiger partial charge in [0.1, 0.15) is 0 Å². The van der Waals surface area contributed by atoms with Crippen molar-refractivity contribution in [2.45, 2.75) is 4.90 Å². The molecule has 138 valence electrons. The van der Waals surface area contributed by atoms with Crippen molar-refractivity contribution in [2.24, 2.45) is 4.99 Å². The molecular weight excluding hydrogens is 590 g/mol. The zero-order valence-corrected chi connectivity index (χ0v) is 18.9. The average Bonchev–Trinajstić information content (AvgIpc) is 2.70. The molecule has 0 aliphatic carbocycles. The van der Waals surface area contributed by atoms with Crippen molar-refractivity contribution < 1.29 is 29.6 Å². The minimum atomic E-state index is -3.63. The summed E-state index contributed by atoms with van der Waals surface area (Å²) in [5.41, 5.74) is 2.25. The third-order valence-corrected chi connectivity index (χ3v) is 8.92. The van der Waals surface area contributed by atoms with Crippen molar-refractivity contribution in [3.63, 3.8) is 0 Å². The number of aromatic nitrogens is 2. The van der Waals surface area contributed by atoms with Crippen LogP contribution in [-0.2, 0) is 10.0 Å². The van der Waals surface area contributed by atoms with E-state index in [0.29, 0.717) is 5.70 Å². The molecule has 4 rings (SSSR count). The normalized spacial score (nSPS) is 14.4. The van der Waals surface area contributed by atoms with Crippen molar-refractivity contribution in [2.75, 3.05) is 0 Å². The number of rotatable bonds is 5. The summed E-state index contributed by atoms with van der Waals surface area (Å²) in [6.07, 6.45) is 1.76. The van der Waals surface area contributed by atoms with Gasteiger partial charge in [0.25, 0.3) is 0 Å². The predicted molar refractivity (Wildman–Crippen MR) is 111 cm³/mol. The number of para-hydroxylation sites is 2. The molecule has 0 atom stereocenters. The van der Waals surface area contributed by atoms with Crippen LogP contribution in [0, 0.1) is 3.70 Å². The van der Waals surface area contributed by atoms with Crippen molar-refractivity contribution in [3.8, 4) is 0 Å². The molecule has 9 heteroatoms. The molecule has 1 N–H and O–H groups in total. The van der Waals surface area contributed by atoms with E-state index in [1.807, 2.05) is 32.5 Å². The standard InChI is InChI=1S/C18H13I2N4O2S/c25-27(26,13-6-2-1-3-7-13)24-16-10-19-12-22-18(16)20-17-11-21-14-8-4-5-9-15(14)23-17/h1-12,24H/q-1. The second-order valence-electron chi connectivity index (χ2n) is 5.36. The summed E-state index contributed by atoms with van der Waals surface area (Å²) in [4.78, 5) is 13.8. The van der Waals surface area contributed by atoms with Crippen LogP contribution in [0.5, 0.6) is 0 Å². The Balaban J connectivity index is 1.59. The molecule has 1 aliphatic rings. The molecule has 0 fully saturated rings. The first-order valence-corrected chi connectivity index (χ1v) is 13.9. The molecule has 1 aromatic heterocycles. The van der Waals surface area contributed by atoms with Crippen LogP contribution in [0.4, 0.5) is 0 Å².